The average Bonchev–Trinajstić information content (AvgIpc) is 2.68. The van der Waals surface area contributed by atoms with Crippen molar-refractivity contribution in [2.75, 3.05) is 6.54 Å². The van der Waals surface area contributed by atoms with Crippen molar-refractivity contribution < 1.29 is 19.9 Å². The number of aromatic hydroxyl groups is 2. The van der Waals surface area contributed by atoms with E-state index in [2.05, 4.69) is 10.6 Å². The van der Waals surface area contributed by atoms with E-state index in [0.717, 1.165) is 6.07 Å². The van der Waals surface area contributed by atoms with Gasteiger partial charge in [0.2, 0.25) is 5.75 Å². The summed E-state index contributed by atoms with van der Waals surface area (Å²) in [6.07, 6.45) is 0. The van der Waals surface area contributed by atoms with E-state index in [1.807, 2.05) is 0 Å². The first-order valence-electron chi connectivity index (χ1n) is 4.73. The third-order valence-corrected chi connectivity index (χ3v) is 2.46. The van der Waals surface area contributed by atoms with Gasteiger partial charge >= 0.3 is 11.7 Å². The predicted octanol–water partition coefficient (Wildman–Crippen LogP) is 0.360. The molecular formula is C9H9N3O5. The number of nitrogens with zero attached hydrogens (tertiary/aromatic N) is 1. The fourth-order valence-electron chi connectivity index (χ4n) is 1.62. The van der Waals surface area contributed by atoms with Gasteiger partial charge in [0.15, 0.2) is 5.75 Å². The van der Waals surface area contributed by atoms with Crippen molar-refractivity contribution in [1.29, 1.82) is 0 Å². The van der Waals surface area contributed by atoms with Crippen LogP contribution in [0.4, 0.5) is 10.5 Å². The number of benzene rings is 1. The van der Waals surface area contributed by atoms with Crippen LogP contribution in [0.2, 0.25) is 0 Å². The van der Waals surface area contributed by atoms with Crippen LogP contribution in [0.1, 0.15) is 11.6 Å². The first kappa shape index (κ1) is 11.0. The fourth-order valence-corrected chi connectivity index (χ4v) is 1.62. The molecule has 1 aliphatic heterocycles. The molecule has 0 aromatic heterocycles. The number of carbonyl (C=O) groups is 1. The Hall–Kier alpha value is -2.51. The minimum atomic E-state index is -0.803. The molecule has 90 valence electrons. The van der Waals surface area contributed by atoms with E-state index < -0.39 is 28.2 Å². The van der Waals surface area contributed by atoms with Crippen molar-refractivity contribution >= 4 is 11.7 Å². The lowest BCUT2D eigenvalue weighted by Crippen LogP contribution is -2.21. The van der Waals surface area contributed by atoms with Crippen LogP contribution >= 0.6 is 0 Å². The third-order valence-electron chi connectivity index (χ3n) is 2.46. The number of nitrogens with one attached hydrogen (secondary N) is 2. The van der Waals surface area contributed by atoms with Gasteiger partial charge in [-0.05, 0) is 11.6 Å². The molecule has 0 bridgehead atoms. The minimum Gasteiger partial charge on any atom is -0.504 e. The second-order valence-corrected chi connectivity index (χ2v) is 3.57. The van der Waals surface area contributed by atoms with Gasteiger partial charge in [-0.15, -0.1) is 0 Å². The molecule has 1 aromatic rings. The summed E-state index contributed by atoms with van der Waals surface area (Å²) in [4.78, 5) is 20.8. The zero-order valence-corrected chi connectivity index (χ0v) is 8.51. The molecule has 1 saturated heterocycles. The van der Waals surface area contributed by atoms with Crippen molar-refractivity contribution in [3.8, 4) is 11.5 Å². The Morgan fingerprint density at radius 2 is 2.12 bits per heavy atom. The molecule has 8 heteroatoms. The maximum atomic E-state index is 10.9. The van der Waals surface area contributed by atoms with E-state index in [9.17, 15) is 25.1 Å². The second kappa shape index (κ2) is 3.81. The highest BCUT2D eigenvalue weighted by molar-refractivity contribution is 5.77. The predicted molar refractivity (Wildman–Crippen MR) is 55.7 cm³/mol. The van der Waals surface area contributed by atoms with E-state index in [4.69, 9.17) is 0 Å². The van der Waals surface area contributed by atoms with Gasteiger partial charge in [0.25, 0.3) is 0 Å². The standard InChI is InChI=1S/C9H9N3O5/c13-7-2-4(5-3-10-9(15)11-5)1-6(8(7)14)12(16)17/h1-2,5,13-14H,3H2,(H2,10,11,15)/t5-/m1/s1. The first-order chi connectivity index (χ1) is 7.99. The normalized spacial score (nSPS) is 18.6. The molecule has 2 amide bonds. The van der Waals surface area contributed by atoms with Gasteiger partial charge in [-0.3, -0.25) is 10.1 Å². The summed E-state index contributed by atoms with van der Waals surface area (Å²) in [6, 6.07) is 1.45. The van der Waals surface area contributed by atoms with Crippen LogP contribution in [0.5, 0.6) is 11.5 Å². The van der Waals surface area contributed by atoms with Gasteiger partial charge in [-0.1, -0.05) is 0 Å². The number of amides is 2. The molecule has 0 aliphatic carbocycles. The maximum Gasteiger partial charge on any atom is 0.315 e. The molecule has 1 aromatic carbocycles. The number of rotatable bonds is 2. The molecule has 17 heavy (non-hydrogen) atoms. The zero-order chi connectivity index (χ0) is 12.6. The largest absolute Gasteiger partial charge is 0.504 e. The lowest BCUT2D eigenvalue weighted by molar-refractivity contribution is -0.386. The molecular weight excluding hydrogens is 230 g/mol. The van der Waals surface area contributed by atoms with Gasteiger partial charge in [-0.25, -0.2) is 4.79 Å². The highest BCUT2D eigenvalue weighted by Gasteiger charge is 2.26. The van der Waals surface area contributed by atoms with E-state index >= 15 is 0 Å². The summed E-state index contributed by atoms with van der Waals surface area (Å²) < 4.78 is 0. The number of hydrogen-bond donors (Lipinski definition) is 4. The monoisotopic (exact) mass is 239 g/mol. The topological polar surface area (TPSA) is 125 Å². The maximum absolute atomic E-state index is 10.9. The molecule has 0 spiro atoms. The van der Waals surface area contributed by atoms with Crippen molar-refractivity contribution in [2.45, 2.75) is 6.04 Å². The van der Waals surface area contributed by atoms with E-state index in [1.165, 1.54) is 6.07 Å². The number of phenols is 2. The summed E-state index contributed by atoms with van der Waals surface area (Å²) in [6.45, 7) is 0.264. The fraction of sp³-hybridized carbons (Fsp3) is 0.222. The van der Waals surface area contributed by atoms with Gasteiger partial charge in [0.1, 0.15) is 0 Å². The smallest absolute Gasteiger partial charge is 0.315 e. The molecule has 1 aliphatic rings. The summed E-state index contributed by atoms with van der Waals surface area (Å²) in [5, 5.41) is 34.3. The van der Waals surface area contributed by atoms with Crippen molar-refractivity contribution in [3.63, 3.8) is 0 Å². The number of urea groups is 1. The van der Waals surface area contributed by atoms with Crippen LogP contribution < -0.4 is 10.6 Å². The minimum absolute atomic E-state index is 0.264. The van der Waals surface area contributed by atoms with Crippen LogP contribution in [0, 0.1) is 10.1 Å². The van der Waals surface area contributed by atoms with Crippen LogP contribution in [-0.4, -0.2) is 27.7 Å². The van der Waals surface area contributed by atoms with Crippen molar-refractivity contribution in [2.24, 2.45) is 0 Å². The van der Waals surface area contributed by atoms with Crippen LogP contribution in [0.15, 0.2) is 12.1 Å². The Morgan fingerprint density at radius 3 is 2.65 bits per heavy atom. The Morgan fingerprint density at radius 1 is 1.41 bits per heavy atom. The SMILES string of the molecule is O=C1NC[C@H](c2cc(O)c(O)c([N+](=O)[O-])c2)N1. The Kier molecular flexibility index (Phi) is 2.47. The second-order valence-electron chi connectivity index (χ2n) is 3.57. The number of hydrogen-bond acceptors (Lipinski definition) is 5. The molecule has 0 saturated carbocycles. The Bertz CT molecular complexity index is 502. The molecule has 8 nitrogen and oxygen atoms in total. The van der Waals surface area contributed by atoms with Crippen molar-refractivity contribution in [1.82, 2.24) is 10.6 Å². The van der Waals surface area contributed by atoms with Gasteiger partial charge in [0, 0.05) is 12.6 Å². The summed E-state index contributed by atoms with van der Waals surface area (Å²) in [7, 11) is 0. The zero-order valence-electron chi connectivity index (χ0n) is 8.51. The van der Waals surface area contributed by atoms with Crippen molar-refractivity contribution in [3.05, 3.63) is 27.8 Å². The number of phenolic OH excluding ortho intramolecular Hbond substituents is 2. The molecule has 4 N–H and O–H groups in total. The first-order valence-corrected chi connectivity index (χ1v) is 4.73. The van der Waals surface area contributed by atoms with Crippen LogP contribution in [0.3, 0.4) is 0 Å². The molecule has 0 radical (unpaired) electrons. The molecule has 2 rings (SSSR count). The summed E-state index contributed by atoms with van der Waals surface area (Å²) in [5.41, 5.74) is -0.244. The van der Waals surface area contributed by atoms with Gasteiger partial charge < -0.3 is 20.8 Å². The molecule has 0 unspecified atom stereocenters. The molecule has 1 fully saturated rings. The quantitative estimate of drug-likeness (QED) is 0.337. The number of nitro groups is 1. The van der Waals surface area contributed by atoms with Gasteiger partial charge in [-0.2, -0.15) is 0 Å². The Labute approximate surface area is 95.0 Å². The van der Waals surface area contributed by atoms with Gasteiger partial charge in [0.05, 0.1) is 11.0 Å². The molecule has 1 heterocycles. The lowest BCUT2D eigenvalue weighted by Gasteiger charge is -2.10. The summed E-state index contributed by atoms with van der Waals surface area (Å²) in [5.74, 6) is -1.37. The van der Waals surface area contributed by atoms with E-state index in [0.29, 0.717) is 5.56 Å². The number of carbonyl (C=O) groups excluding carboxylic acids is 1. The third kappa shape index (κ3) is 1.92. The average molecular weight is 239 g/mol. The highest BCUT2D eigenvalue weighted by atomic mass is 16.6. The van der Waals surface area contributed by atoms with E-state index in [-0.39, 0.29) is 12.6 Å². The van der Waals surface area contributed by atoms with E-state index in [1.54, 1.807) is 0 Å². The number of nitro benzene ring substituents is 1. The van der Waals surface area contributed by atoms with Crippen LogP contribution in [0.25, 0.3) is 0 Å². The molecule has 1 atom stereocenters. The Balaban J connectivity index is 2.42. The highest BCUT2D eigenvalue weighted by Crippen LogP contribution is 2.37. The van der Waals surface area contributed by atoms with Crippen LogP contribution in [-0.2, 0) is 0 Å². The summed E-state index contributed by atoms with van der Waals surface area (Å²) >= 11 is 0. The lowest BCUT2D eigenvalue weighted by atomic mass is 10.1.